The van der Waals surface area contributed by atoms with Crippen LogP contribution in [0.5, 0.6) is 0 Å². The lowest BCUT2D eigenvalue weighted by Gasteiger charge is -2.07. The Hall–Kier alpha value is -2.49. The first-order valence-corrected chi connectivity index (χ1v) is 5.34. The molecule has 0 aliphatic rings. The molecule has 0 bridgehead atoms. The molecular formula is C14H11NO3. The van der Waals surface area contributed by atoms with Gasteiger partial charge in [-0.25, -0.2) is 4.79 Å². The highest BCUT2D eigenvalue weighted by Crippen LogP contribution is 2.23. The van der Waals surface area contributed by atoms with Crippen molar-refractivity contribution in [2.75, 3.05) is 7.11 Å². The van der Waals surface area contributed by atoms with Gasteiger partial charge < -0.3 is 4.74 Å². The number of hydrogen-bond donors (Lipinski definition) is 0. The summed E-state index contributed by atoms with van der Waals surface area (Å²) < 4.78 is 4.72. The summed E-state index contributed by atoms with van der Waals surface area (Å²) in [6.45, 7) is 0. The van der Waals surface area contributed by atoms with Gasteiger partial charge in [-0.3, -0.25) is 9.78 Å². The zero-order chi connectivity index (χ0) is 13.0. The van der Waals surface area contributed by atoms with E-state index < -0.39 is 5.97 Å². The number of rotatable bonds is 3. The molecule has 0 radical (unpaired) electrons. The molecule has 0 unspecified atom stereocenters. The molecule has 1 aromatic carbocycles. The van der Waals surface area contributed by atoms with Gasteiger partial charge in [0.15, 0.2) is 0 Å². The number of hydrogen-bond acceptors (Lipinski definition) is 4. The third-order valence-electron chi connectivity index (χ3n) is 2.58. The number of esters is 1. The van der Waals surface area contributed by atoms with Crippen LogP contribution in [0.3, 0.4) is 0 Å². The van der Waals surface area contributed by atoms with E-state index in [2.05, 4.69) is 4.98 Å². The Morgan fingerprint density at radius 1 is 1.22 bits per heavy atom. The first-order chi connectivity index (χ1) is 8.76. The summed E-state index contributed by atoms with van der Waals surface area (Å²) in [5.74, 6) is -0.410. The van der Waals surface area contributed by atoms with Gasteiger partial charge in [0.05, 0.1) is 12.7 Å². The van der Waals surface area contributed by atoms with Crippen LogP contribution in [0.2, 0.25) is 0 Å². The number of pyridine rings is 1. The van der Waals surface area contributed by atoms with Gasteiger partial charge in [-0.2, -0.15) is 0 Å². The van der Waals surface area contributed by atoms with Crippen molar-refractivity contribution in [3.63, 3.8) is 0 Å². The monoisotopic (exact) mass is 241 g/mol. The van der Waals surface area contributed by atoms with E-state index in [9.17, 15) is 9.59 Å². The predicted molar refractivity (Wildman–Crippen MR) is 66.4 cm³/mol. The zero-order valence-corrected chi connectivity index (χ0v) is 9.79. The minimum absolute atomic E-state index is 0.410. The van der Waals surface area contributed by atoms with Crippen molar-refractivity contribution < 1.29 is 14.3 Å². The number of nitrogens with zero attached hydrogens (tertiary/aromatic N) is 1. The van der Waals surface area contributed by atoms with Crippen molar-refractivity contribution in [3.8, 4) is 11.1 Å². The second kappa shape index (κ2) is 5.23. The average molecular weight is 241 g/mol. The molecule has 0 atom stereocenters. The Kier molecular flexibility index (Phi) is 3.48. The highest BCUT2D eigenvalue weighted by atomic mass is 16.5. The molecule has 4 heteroatoms. The lowest BCUT2D eigenvalue weighted by molar-refractivity contribution is 0.0601. The third kappa shape index (κ3) is 2.27. The normalized spacial score (nSPS) is 9.83. The predicted octanol–water partition coefficient (Wildman–Crippen LogP) is 2.35. The van der Waals surface area contributed by atoms with Crippen molar-refractivity contribution in [3.05, 3.63) is 53.9 Å². The van der Waals surface area contributed by atoms with Gasteiger partial charge >= 0.3 is 5.97 Å². The van der Waals surface area contributed by atoms with Crippen molar-refractivity contribution in [1.82, 2.24) is 4.98 Å². The summed E-state index contributed by atoms with van der Waals surface area (Å²) in [5.41, 5.74) is 2.53. The lowest BCUT2D eigenvalue weighted by atomic mass is 10.0. The van der Waals surface area contributed by atoms with E-state index in [1.807, 2.05) is 0 Å². The van der Waals surface area contributed by atoms with E-state index in [0.717, 1.165) is 11.8 Å². The third-order valence-corrected chi connectivity index (χ3v) is 2.58. The highest BCUT2D eigenvalue weighted by molar-refractivity contribution is 5.97. The SMILES string of the molecule is COC(=O)c1ccncc1-c1ccc(C=O)cc1. The minimum Gasteiger partial charge on any atom is -0.465 e. The van der Waals surface area contributed by atoms with Gasteiger partial charge in [-0.15, -0.1) is 0 Å². The fraction of sp³-hybridized carbons (Fsp3) is 0.0714. The molecule has 1 aromatic heterocycles. The zero-order valence-electron chi connectivity index (χ0n) is 9.79. The number of carbonyl (C=O) groups is 2. The van der Waals surface area contributed by atoms with Gasteiger partial charge in [0.25, 0.3) is 0 Å². The molecular weight excluding hydrogens is 230 g/mol. The number of carbonyl (C=O) groups excluding carboxylic acids is 2. The molecule has 4 nitrogen and oxygen atoms in total. The maximum Gasteiger partial charge on any atom is 0.338 e. The standard InChI is InChI=1S/C14H11NO3/c1-18-14(17)12-6-7-15-8-13(12)11-4-2-10(9-16)3-5-11/h2-9H,1H3. The van der Waals surface area contributed by atoms with Crippen LogP contribution in [0, 0.1) is 0 Å². The molecule has 0 saturated carbocycles. The highest BCUT2D eigenvalue weighted by Gasteiger charge is 2.12. The summed E-state index contributed by atoms with van der Waals surface area (Å²) in [6, 6.07) is 8.53. The number of benzene rings is 1. The van der Waals surface area contributed by atoms with E-state index in [1.54, 1.807) is 36.5 Å². The summed E-state index contributed by atoms with van der Waals surface area (Å²) >= 11 is 0. The quantitative estimate of drug-likeness (QED) is 0.611. The van der Waals surface area contributed by atoms with Crippen LogP contribution in [0.15, 0.2) is 42.7 Å². The van der Waals surface area contributed by atoms with Crippen molar-refractivity contribution >= 4 is 12.3 Å². The van der Waals surface area contributed by atoms with E-state index in [0.29, 0.717) is 16.7 Å². The average Bonchev–Trinajstić information content (AvgIpc) is 2.46. The molecule has 2 rings (SSSR count). The van der Waals surface area contributed by atoms with Gasteiger partial charge in [-0.05, 0) is 11.6 Å². The van der Waals surface area contributed by atoms with Crippen molar-refractivity contribution in [2.45, 2.75) is 0 Å². The molecule has 0 N–H and O–H groups in total. The van der Waals surface area contributed by atoms with E-state index >= 15 is 0 Å². The van der Waals surface area contributed by atoms with E-state index in [4.69, 9.17) is 4.74 Å². The maximum absolute atomic E-state index is 11.6. The molecule has 18 heavy (non-hydrogen) atoms. The van der Waals surface area contributed by atoms with Gasteiger partial charge in [0.1, 0.15) is 6.29 Å². The van der Waals surface area contributed by atoms with E-state index in [-0.39, 0.29) is 0 Å². The van der Waals surface area contributed by atoms with Crippen LogP contribution in [0.1, 0.15) is 20.7 Å². The first kappa shape index (κ1) is 12.0. The van der Waals surface area contributed by atoms with Crippen LogP contribution in [-0.4, -0.2) is 24.3 Å². The number of aromatic nitrogens is 1. The Balaban J connectivity index is 2.49. The molecule has 90 valence electrons. The number of ether oxygens (including phenoxy) is 1. The molecule has 0 saturated heterocycles. The summed E-state index contributed by atoms with van der Waals surface area (Å²) in [5, 5.41) is 0. The van der Waals surface area contributed by atoms with Gasteiger partial charge in [0, 0.05) is 23.5 Å². The molecule has 0 fully saturated rings. The van der Waals surface area contributed by atoms with Crippen molar-refractivity contribution in [1.29, 1.82) is 0 Å². The summed E-state index contributed by atoms with van der Waals surface area (Å²) in [6.07, 6.45) is 3.91. The van der Waals surface area contributed by atoms with Crippen molar-refractivity contribution in [2.24, 2.45) is 0 Å². The molecule has 1 heterocycles. The van der Waals surface area contributed by atoms with Crippen LogP contribution < -0.4 is 0 Å². The molecule has 0 aliphatic carbocycles. The lowest BCUT2D eigenvalue weighted by Crippen LogP contribution is -2.03. The Labute approximate surface area is 104 Å². The fourth-order valence-electron chi connectivity index (χ4n) is 1.65. The largest absolute Gasteiger partial charge is 0.465 e. The Morgan fingerprint density at radius 3 is 2.56 bits per heavy atom. The Bertz CT molecular complexity index is 576. The molecule has 0 amide bonds. The van der Waals surface area contributed by atoms with Crippen LogP contribution >= 0.6 is 0 Å². The molecule has 0 aliphatic heterocycles. The van der Waals surface area contributed by atoms with E-state index in [1.165, 1.54) is 13.3 Å². The second-order valence-electron chi connectivity index (χ2n) is 3.65. The molecule has 2 aromatic rings. The van der Waals surface area contributed by atoms with Crippen LogP contribution in [0.25, 0.3) is 11.1 Å². The van der Waals surface area contributed by atoms with Crippen LogP contribution in [-0.2, 0) is 4.74 Å². The van der Waals surface area contributed by atoms with Gasteiger partial charge in [0.2, 0.25) is 0 Å². The molecule has 0 spiro atoms. The minimum atomic E-state index is -0.410. The summed E-state index contributed by atoms with van der Waals surface area (Å²) in [7, 11) is 1.34. The number of aldehydes is 1. The summed E-state index contributed by atoms with van der Waals surface area (Å²) in [4.78, 5) is 26.2. The second-order valence-corrected chi connectivity index (χ2v) is 3.65. The fourth-order valence-corrected chi connectivity index (χ4v) is 1.65. The van der Waals surface area contributed by atoms with Crippen LogP contribution in [0.4, 0.5) is 0 Å². The number of methoxy groups -OCH3 is 1. The van der Waals surface area contributed by atoms with Gasteiger partial charge in [-0.1, -0.05) is 24.3 Å². The smallest absolute Gasteiger partial charge is 0.338 e. The Morgan fingerprint density at radius 2 is 1.94 bits per heavy atom. The maximum atomic E-state index is 11.6. The topological polar surface area (TPSA) is 56.3 Å². The first-order valence-electron chi connectivity index (χ1n) is 5.34.